The molecule has 24 heavy (non-hydrogen) atoms. The molecular weight excluding hydrogens is 318 g/mol. The van der Waals surface area contributed by atoms with E-state index in [0.717, 1.165) is 30.6 Å². The van der Waals surface area contributed by atoms with Crippen molar-refractivity contribution < 1.29 is 4.79 Å². The first-order valence-electron chi connectivity index (χ1n) is 9.66. The van der Waals surface area contributed by atoms with E-state index in [1.165, 1.54) is 32.1 Å². The molecule has 0 aromatic heterocycles. The summed E-state index contributed by atoms with van der Waals surface area (Å²) in [5, 5.41) is 3.97. The van der Waals surface area contributed by atoms with Crippen LogP contribution in [-0.4, -0.2) is 46.9 Å². The number of hydrogen-bond donors (Lipinski definition) is 1. The van der Waals surface area contributed by atoms with E-state index in [2.05, 4.69) is 38.0 Å². The number of amides is 1. The zero-order valence-electron chi connectivity index (χ0n) is 15.7. The fourth-order valence-corrected chi connectivity index (χ4v) is 5.76. The van der Waals surface area contributed by atoms with Crippen LogP contribution in [0.1, 0.15) is 59.3 Å². The predicted octanol–water partition coefficient (Wildman–Crippen LogP) is 3.52. The van der Waals surface area contributed by atoms with Crippen molar-refractivity contribution in [3.05, 3.63) is 0 Å². The minimum absolute atomic E-state index is 0.169. The Labute approximate surface area is 151 Å². The number of carbonyl (C=O) groups excluding carboxylic acids is 1. The summed E-state index contributed by atoms with van der Waals surface area (Å²) in [6.45, 7) is 9.01. The molecule has 1 N–H and O–H groups in total. The zero-order valence-corrected chi connectivity index (χ0v) is 16.5. The maximum atomic E-state index is 12.6. The van der Waals surface area contributed by atoms with Crippen LogP contribution in [0.4, 0.5) is 0 Å². The maximum absolute atomic E-state index is 12.6. The molecule has 4 nitrogen and oxygen atoms in total. The van der Waals surface area contributed by atoms with Crippen molar-refractivity contribution in [2.24, 2.45) is 22.7 Å². The molecule has 5 heteroatoms. The smallest absolute Gasteiger partial charge is 0.242 e. The molecule has 3 rings (SSSR count). The summed E-state index contributed by atoms with van der Waals surface area (Å²) in [6, 6.07) is 0.392. The molecule has 0 aromatic rings. The minimum atomic E-state index is -0.328. The Hall–Kier alpha value is -0.550. The van der Waals surface area contributed by atoms with E-state index in [-0.39, 0.29) is 10.7 Å². The van der Waals surface area contributed by atoms with Crippen molar-refractivity contribution in [1.29, 1.82) is 0 Å². The van der Waals surface area contributed by atoms with Crippen molar-refractivity contribution in [2.75, 3.05) is 20.1 Å². The van der Waals surface area contributed by atoms with Gasteiger partial charge in [0, 0.05) is 0 Å². The normalized spacial score (nSPS) is 40.4. The van der Waals surface area contributed by atoms with Crippen molar-refractivity contribution in [3.8, 4) is 0 Å². The summed E-state index contributed by atoms with van der Waals surface area (Å²) < 4.78 is -0.328. The van der Waals surface area contributed by atoms with Crippen LogP contribution in [0.15, 0.2) is 4.99 Å². The highest BCUT2D eigenvalue weighted by atomic mass is 32.2. The third-order valence-electron chi connectivity index (χ3n) is 6.34. The highest BCUT2D eigenvalue weighted by Gasteiger charge is 2.44. The minimum Gasteiger partial charge on any atom is -0.306 e. The van der Waals surface area contributed by atoms with Gasteiger partial charge >= 0.3 is 0 Å². The third kappa shape index (κ3) is 3.98. The van der Waals surface area contributed by atoms with Crippen molar-refractivity contribution in [3.63, 3.8) is 0 Å². The van der Waals surface area contributed by atoms with Gasteiger partial charge in [-0.3, -0.25) is 9.79 Å². The second-order valence-electron chi connectivity index (χ2n) is 8.46. The summed E-state index contributed by atoms with van der Waals surface area (Å²) in [4.78, 5) is 19.9. The number of hydrogen-bond acceptors (Lipinski definition) is 4. The van der Waals surface area contributed by atoms with Gasteiger partial charge in [0.2, 0.25) is 5.91 Å². The molecule has 0 aromatic carbocycles. The van der Waals surface area contributed by atoms with Gasteiger partial charge in [-0.15, -0.1) is 0 Å². The number of thioether (sulfide) groups is 1. The number of rotatable bonds is 4. The highest BCUT2D eigenvalue weighted by Crippen LogP contribution is 2.41. The van der Waals surface area contributed by atoms with Gasteiger partial charge in [0.1, 0.15) is 0 Å². The molecule has 1 saturated carbocycles. The van der Waals surface area contributed by atoms with Gasteiger partial charge in [-0.25, -0.2) is 0 Å². The molecule has 136 valence electrons. The number of amidine groups is 1. The van der Waals surface area contributed by atoms with Crippen LogP contribution in [0.3, 0.4) is 0 Å². The average Bonchev–Trinajstić information content (AvgIpc) is 3.02. The number of piperidine rings is 1. The SMILES string of the molecule is CCC1CC(C)C(N=C2NC(=O)C(C)(CC3CCN(C)CC3)S2)C1. The molecule has 2 aliphatic heterocycles. The van der Waals surface area contributed by atoms with Gasteiger partial charge in [-0.2, -0.15) is 0 Å². The fraction of sp³-hybridized carbons (Fsp3) is 0.895. The van der Waals surface area contributed by atoms with E-state index in [1.54, 1.807) is 11.8 Å². The molecule has 3 fully saturated rings. The lowest BCUT2D eigenvalue weighted by Crippen LogP contribution is -2.38. The van der Waals surface area contributed by atoms with Gasteiger partial charge < -0.3 is 10.2 Å². The molecule has 0 bridgehead atoms. The van der Waals surface area contributed by atoms with Gasteiger partial charge in [-0.05, 0) is 76.9 Å². The number of aliphatic imine (C=N–C) groups is 1. The molecule has 4 unspecified atom stereocenters. The second-order valence-corrected chi connectivity index (χ2v) is 9.95. The van der Waals surface area contributed by atoms with Crippen LogP contribution in [0.2, 0.25) is 0 Å². The number of carbonyl (C=O) groups is 1. The van der Waals surface area contributed by atoms with Crippen LogP contribution in [0.25, 0.3) is 0 Å². The van der Waals surface area contributed by atoms with Gasteiger partial charge in [-0.1, -0.05) is 32.0 Å². The average molecular weight is 352 g/mol. The molecule has 4 atom stereocenters. The molecule has 1 aliphatic carbocycles. The van der Waals surface area contributed by atoms with E-state index in [0.29, 0.717) is 17.9 Å². The Morgan fingerprint density at radius 2 is 2.00 bits per heavy atom. The lowest BCUT2D eigenvalue weighted by Gasteiger charge is -2.32. The molecule has 2 heterocycles. The number of nitrogens with zero attached hydrogens (tertiary/aromatic N) is 2. The summed E-state index contributed by atoms with van der Waals surface area (Å²) in [5.74, 6) is 2.28. The van der Waals surface area contributed by atoms with Crippen molar-refractivity contribution in [1.82, 2.24) is 10.2 Å². The number of nitrogens with one attached hydrogen (secondary N) is 1. The molecule has 2 saturated heterocycles. The van der Waals surface area contributed by atoms with Crippen LogP contribution < -0.4 is 5.32 Å². The summed E-state index contributed by atoms with van der Waals surface area (Å²) in [7, 11) is 2.19. The maximum Gasteiger partial charge on any atom is 0.242 e. The largest absolute Gasteiger partial charge is 0.306 e. The topological polar surface area (TPSA) is 44.7 Å². The standard InChI is InChI=1S/C19H33N3OS/c1-5-14-10-13(2)16(11-14)20-18-21-17(23)19(3,24-18)12-15-6-8-22(4)9-7-15/h13-16H,5-12H2,1-4H3,(H,20,21,23). The Kier molecular flexibility index (Phi) is 5.60. The van der Waals surface area contributed by atoms with E-state index in [4.69, 9.17) is 4.99 Å². The van der Waals surface area contributed by atoms with Crippen molar-refractivity contribution >= 4 is 22.8 Å². The lowest BCUT2D eigenvalue weighted by atomic mass is 9.87. The molecule has 0 spiro atoms. The summed E-state index contributed by atoms with van der Waals surface area (Å²) in [5.41, 5.74) is 0. The zero-order chi connectivity index (χ0) is 17.3. The van der Waals surface area contributed by atoms with E-state index < -0.39 is 0 Å². The predicted molar refractivity (Wildman–Crippen MR) is 102 cm³/mol. The Balaban J connectivity index is 1.61. The molecular formula is C19H33N3OS. The lowest BCUT2D eigenvalue weighted by molar-refractivity contribution is -0.121. The molecule has 0 radical (unpaired) electrons. The molecule has 1 amide bonds. The van der Waals surface area contributed by atoms with Crippen molar-refractivity contribution in [2.45, 2.75) is 70.1 Å². The Morgan fingerprint density at radius 3 is 2.62 bits per heavy atom. The Bertz CT molecular complexity index is 501. The van der Waals surface area contributed by atoms with E-state index in [9.17, 15) is 4.79 Å². The monoisotopic (exact) mass is 351 g/mol. The van der Waals surface area contributed by atoms with Gasteiger partial charge in [0.25, 0.3) is 0 Å². The molecule has 3 aliphatic rings. The van der Waals surface area contributed by atoms with Gasteiger partial charge in [0.15, 0.2) is 5.17 Å². The highest BCUT2D eigenvalue weighted by molar-refractivity contribution is 8.16. The van der Waals surface area contributed by atoms with Crippen LogP contribution in [0, 0.1) is 17.8 Å². The quantitative estimate of drug-likeness (QED) is 0.843. The third-order valence-corrected chi connectivity index (χ3v) is 7.54. The number of likely N-dealkylation sites (tertiary alicyclic amines) is 1. The van der Waals surface area contributed by atoms with Crippen LogP contribution in [0.5, 0.6) is 0 Å². The second kappa shape index (κ2) is 7.36. The summed E-state index contributed by atoms with van der Waals surface area (Å²) in [6.07, 6.45) is 7.12. The van der Waals surface area contributed by atoms with E-state index >= 15 is 0 Å². The van der Waals surface area contributed by atoms with E-state index in [1.807, 2.05) is 0 Å². The first-order chi connectivity index (χ1) is 11.4. The van der Waals surface area contributed by atoms with Crippen LogP contribution in [-0.2, 0) is 4.79 Å². The first-order valence-corrected chi connectivity index (χ1v) is 10.5. The van der Waals surface area contributed by atoms with Crippen LogP contribution >= 0.6 is 11.8 Å². The first kappa shape index (κ1) is 18.2. The summed E-state index contributed by atoms with van der Waals surface area (Å²) >= 11 is 1.69. The fourth-order valence-electron chi connectivity index (χ4n) is 4.54. The Morgan fingerprint density at radius 1 is 1.29 bits per heavy atom. The van der Waals surface area contributed by atoms with Gasteiger partial charge in [0.05, 0.1) is 10.8 Å².